The van der Waals surface area contributed by atoms with E-state index in [0.717, 1.165) is 56.0 Å². The highest BCUT2D eigenvalue weighted by Gasteiger charge is 2.12. The van der Waals surface area contributed by atoms with Crippen molar-refractivity contribution in [3.8, 4) is 0 Å². The van der Waals surface area contributed by atoms with Crippen LogP contribution < -0.4 is 0 Å². The minimum absolute atomic E-state index is 0. The number of aromatic amines is 2. The molecule has 6 rings (SSSR count). The lowest BCUT2D eigenvalue weighted by Gasteiger charge is -2.02. The molecule has 2 aliphatic rings. The molecule has 0 amide bonds. The van der Waals surface area contributed by atoms with E-state index in [1.807, 2.05) is 12.2 Å². The number of aryl methyl sites for hydroxylation is 1. The minimum atomic E-state index is 0. The number of H-pyrrole nitrogens is 2. The summed E-state index contributed by atoms with van der Waals surface area (Å²) in [4.78, 5) is 16.5. The lowest BCUT2D eigenvalue weighted by Crippen LogP contribution is -1.85. The van der Waals surface area contributed by atoms with Crippen molar-refractivity contribution in [2.75, 3.05) is 0 Å². The fourth-order valence-corrected chi connectivity index (χ4v) is 3.98. The van der Waals surface area contributed by atoms with Gasteiger partial charge in [-0.2, -0.15) is 0 Å². The third-order valence-corrected chi connectivity index (χ3v) is 5.53. The molecule has 0 spiro atoms. The summed E-state index contributed by atoms with van der Waals surface area (Å²) < 4.78 is 0. The molecule has 1 aromatic carbocycles. The van der Waals surface area contributed by atoms with E-state index < -0.39 is 0 Å². The van der Waals surface area contributed by atoms with Gasteiger partial charge >= 0.3 is 0 Å². The van der Waals surface area contributed by atoms with Gasteiger partial charge in [-0.05, 0) is 79.2 Å². The highest BCUT2D eigenvalue weighted by atomic mass is 16.0. The SMILES string of the molecule is Cc1ccc(C2=Cc3cc4ccc(cc5nc(cc6ccc(cc2n3)[nH]6)C=C5)[nH]4)cc1.O. The summed E-state index contributed by atoms with van der Waals surface area (Å²) >= 11 is 0. The average molecular weight is 419 g/mol. The van der Waals surface area contributed by atoms with E-state index in [-0.39, 0.29) is 5.48 Å². The molecule has 4 N–H and O–H groups in total. The van der Waals surface area contributed by atoms with Crippen LogP contribution in [0.2, 0.25) is 0 Å². The highest BCUT2D eigenvalue weighted by Crippen LogP contribution is 2.29. The Morgan fingerprint density at radius 3 is 1.72 bits per heavy atom. The van der Waals surface area contributed by atoms with E-state index in [4.69, 9.17) is 9.97 Å². The van der Waals surface area contributed by atoms with Crippen LogP contribution in [0, 0.1) is 6.92 Å². The number of hydrogen-bond donors (Lipinski definition) is 2. The number of fused-ring (bicyclic) bond motifs is 8. The quantitative estimate of drug-likeness (QED) is 0.366. The first kappa shape index (κ1) is 19.7. The normalized spacial score (nSPS) is 12.3. The van der Waals surface area contributed by atoms with Gasteiger partial charge in [0.25, 0.3) is 0 Å². The van der Waals surface area contributed by atoms with Gasteiger partial charge in [0, 0.05) is 27.6 Å². The number of benzene rings is 1. The van der Waals surface area contributed by atoms with Crippen molar-refractivity contribution in [1.29, 1.82) is 0 Å². The lowest BCUT2D eigenvalue weighted by atomic mass is 10.0. The van der Waals surface area contributed by atoms with Gasteiger partial charge in [-0.25, -0.2) is 9.97 Å². The second-order valence-electron chi connectivity index (χ2n) is 7.96. The van der Waals surface area contributed by atoms with E-state index in [2.05, 4.69) is 95.8 Å². The Morgan fingerprint density at radius 1 is 0.594 bits per heavy atom. The molecule has 0 saturated heterocycles. The molecule has 2 aliphatic heterocycles. The van der Waals surface area contributed by atoms with Gasteiger partial charge in [0.2, 0.25) is 0 Å². The first-order valence-electron chi connectivity index (χ1n) is 10.3. The van der Waals surface area contributed by atoms with E-state index in [9.17, 15) is 0 Å². The average Bonchev–Trinajstić information content (AvgIpc) is 3.54. The molecule has 0 atom stereocenters. The van der Waals surface area contributed by atoms with Crippen molar-refractivity contribution in [2.24, 2.45) is 0 Å². The molecule has 5 heteroatoms. The van der Waals surface area contributed by atoms with Gasteiger partial charge in [0.15, 0.2) is 0 Å². The zero-order valence-corrected chi connectivity index (χ0v) is 17.6. The molecule has 0 fully saturated rings. The monoisotopic (exact) mass is 418 g/mol. The van der Waals surface area contributed by atoms with Crippen LogP contribution in [0.1, 0.15) is 33.9 Å². The van der Waals surface area contributed by atoms with E-state index in [1.165, 1.54) is 5.56 Å². The highest BCUT2D eigenvalue weighted by molar-refractivity contribution is 5.93. The van der Waals surface area contributed by atoms with Gasteiger partial charge in [-0.3, -0.25) is 0 Å². The van der Waals surface area contributed by atoms with Crippen LogP contribution in [-0.4, -0.2) is 25.4 Å². The third-order valence-electron chi connectivity index (χ3n) is 5.53. The fraction of sp³-hybridized carbons (Fsp3) is 0.0370. The molecule has 8 bridgehead atoms. The van der Waals surface area contributed by atoms with E-state index in [0.29, 0.717) is 0 Å². The molecule has 156 valence electrons. The standard InChI is InChI=1S/C27H20N4.H2O/c1-17-2-4-18(5-3-17)26-15-25-14-23-9-8-21(29-23)12-19-6-7-20(28-19)13-22-10-11-24(30-22)16-27(26)31-25;/h2-16,29-30H,1H3;1H2. The first-order valence-corrected chi connectivity index (χ1v) is 10.3. The van der Waals surface area contributed by atoms with Crippen LogP contribution in [0.25, 0.3) is 45.9 Å². The summed E-state index contributed by atoms with van der Waals surface area (Å²) in [6, 6.07) is 25.2. The van der Waals surface area contributed by atoms with Crippen LogP contribution in [0.3, 0.4) is 0 Å². The molecule has 4 aromatic rings. The van der Waals surface area contributed by atoms with E-state index in [1.54, 1.807) is 0 Å². The summed E-state index contributed by atoms with van der Waals surface area (Å²) in [5.41, 5.74) is 11.3. The number of rotatable bonds is 1. The van der Waals surface area contributed by atoms with Crippen molar-refractivity contribution in [2.45, 2.75) is 6.92 Å². The van der Waals surface area contributed by atoms with Crippen LogP contribution in [0.5, 0.6) is 0 Å². The summed E-state index contributed by atoms with van der Waals surface area (Å²) in [6.07, 6.45) is 6.21. The Hall–Kier alpha value is -4.22. The topological polar surface area (TPSA) is 88.9 Å². The van der Waals surface area contributed by atoms with Crippen molar-refractivity contribution in [3.05, 3.63) is 107 Å². The second-order valence-corrected chi connectivity index (χ2v) is 7.96. The van der Waals surface area contributed by atoms with Crippen LogP contribution in [0.15, 0.2) is 72.8 Å². The van der Waals surface area contributed by atoms with E-state index >= 15 is 0 Å². The Labute approximate surface area is 185 Å². The molecule has 32 heavy (non-hydrogen) atoms. The van der Waals surface area contributed by atoms with Gasteiger partial charge < -0.3 is 15.4 Å². The van der Waals surface area contributed by atoms with Crippen molar-refractivity contribution in [1.82, 2.24) is 19.9 Å². The Kier molecular flexibility index (Phi) is 4.81. The molecule has 0 aliphatic carbocycles. The Balaban J connectivity index is 0.00000216. The lowest BCUT2D eigenvalue weighted by molar-refractivity contribution is 0.824. The maximum Gasteiger partial charge on any atom is 0.0736 e. The maximum absolute atomic E-state index is 4.93. The molecule has 0 radical (unpaired) electrons. The molecular formula is C27H22N4O. The summed E-state index contributed by atoms with van der Waals surface area (Å²) in [6.45, 7) is 2.10. The molecule has 3 aromatic heterocycles. The maximum atomic E-state index is 4.93. The number of nitrogens with zero attached hydrogens (tertiary/aromatic N) is 2. The van der Waals surface area contributed by atoms with Crippen LogP contribution in [0.4, 0.5) is 0 Å². The number of aromatic nitrogens is 4. The molecular weight excluding hydrogens is 396 g/mol. The van der Waals surface area contributed by atoms with Crippen molar-refractivity contribution >= 4 is 45.9 Å². The zero-order chi connectivity index (χ0) is 20.8. The van der Waals surface area contributed by atoms with Gasteiger partial charge in [0.1, 0.15) is 0 Å². The predicted octanol–water partition coefficient (Wildman–Crippen LogP) is 5.56. The first-order chi connectivity index (χ1) is 15.2. The van der Waals surface area contributed by atoms with Crippen molar-refractivity contribution in [3.63, 3.8) is 0 Å². The van der Waals surface area contributed by atoms with Crippen LogP contribution in [-0.2, 0) is 0 Å². The Morgan fingerprint density at radius 2 is 1.12 bits per heavy atom. The Bertz CT molecular complexity index is 1540. The van der Waals surface area contributed by atoms with Gasteiger partial charge in [-0.1, -0.05) is 29.8 Å². The molecule has 0 saturated carbocycles. The smallest absolute Gasteiger partial charge is 0.0736 e. The fourth-order valence-electron chi connectivity index (χ4n) is 3.98. The minimum Gasteiger partial charge on any atom is -0.412 e. The predicted molar refractivity (Wildman–Crippen MR) is 132 cm³/mol. The second kappa shape index (κ2) is 7.80. The summed E-state index contributed by atoms with van der Waals surface area (Å²) in [5.74, 6) is 0. The zero-order valence-electron chi connectivity index (χ0n) is 17.6. The largest absolute Gasteiger partial charge is 0.412 e. The molecule has 0 unspecified atom stereocenters. The summed E-state index contributed by atoms with van der Waals surface area (Å²) in [7, 11) is 0. The molecule has 5 heterocycles. The third kappa shape index (κ3) is 3.77. The number of hydrogen-bond acceptors (Lipinski definition) is 2. The number of nitrogens with one attached hydrogen (secondary N) is 2. The molecule has 5 nitrogen and oxygen atoms in total. The van der Waals surface area contributed by atoms with Gasteiger partial charge in [-0.15, -0.1) is 0 Å². The summed E-state index contributed by atoms with van der Waals surface area (Å²) in [5, 5.41) is 0. The van der Waals surface area contributed by atoms with Crippen molar-refractivity contribution < 1.29 is 5.48 Å². The van der Waals surface area contributed by atoms with Crippen LogP contribution >= 0.6 is 0 Å². The van der Waals surface area contributed by atoms with Gasteiger partial charge in [0.05, 0.1) is 22.8 Å².